The Morgan fingerprint density at radius 2 is 2.18 bits per heavy atom. The fourth-order valence-electron chi connectivity index (χ4n) is 2.17. The van der Waals surface area contributed by atoms with Crippen LogP contribution in [0.15, 0.2) is 17.1 Å². The summed E-state index contributed by atoms with van der Waals surface area (Å²) in [6.07, 6.45) is 11.9. The van der Waals surface area contributed by atoms with Crippen molar-refractivity contribution in [2.75, 3.05) is 13.1 Å². The van der Waals surface area contributed by atoms with E-state index in [0.29, 0.717) is 0 Å². The molecular weight excluding hydrogens is 210 g/mol. The highest BCUT2D eigenvalue weighted by molar-refractivity contribution is 5.83. The number of allylic oxidation sites excluding steroid dienone is 2. The molecule has 1 rings (SSSR count). The third kappa shape index (κ3) is 5.35. The highest BCUT2D eigenvalue weighted by Crippen LogP contribution is 2.12. The minimum atomic E-state index is 0.115. The van der Waals surface area contributed by atoms with Gasteiger partial charge in [0.1, 0.15) is 5.84 Å². The van der Waals surface area contributed by atoms with Crippen molar-refractivity contribution >= 4 is 5.84 Å². The van der Waals surface area contributed by atoms with Crippen molar-refractivity contribution in [1.29, 1.82) is 0 Å². The van der Waals surface area contributed by atoms with Gasteiger partial charge in [0, 0.05) is 13.0 Å². The summed E-state index contributed by atoms with van der Waals surface area (Å²) >= 11 is 0. The minimum absolute atomic E-state index is 0.115. The average Bonchev–Trinajstić information content (AvgIpc) is 2.76. The number of amidine groups is 1. The Morgan fingerprint density at radius 3 is 2.88 bits per heavy atom. The van der Waals surface area contributed by atoms with E-state index in [1.807, 2.05) is 6.92 Å². The first-order valence-electron chi connectivity index (χ1n) is 6.96. The van der Waals surface area contributed by atoms with Crippen LogP contribution in [0.5, 0.6) is 0 Å². The van der Waals surface area contributed by atoms with Crippen molar-refractivity contribution in [2.24, 2.45) is 10.7 Å². The molecule has 1 aliphatic heterocycles. The molecule has 1 atom stereocenters. The van der Waals surface area contributed by atoms with Crippen molar-refractivity contribution in [3.05, 3.63) is 12.2 Å². The Balaban J connectivity index is 2.08. The summed E-state index contributed by atoms with van der Waals surface area (Å²) in [5, 5.41) is 0. The number of hydrogen-bond donors (Lipinski definition) is 1. The van der Waals surface area contributed by atoms with Gasteiger partial charge in [-0.1, -0.05) is 25.5 Å². The summed E-state index contributed by atoms with van der Waals surface area (Å²) in [5.74, 6) is 1.23. The topological polar surface area (TPSA) is 41.6 Å². The molecule has 0 aromatic heterocycles. The molecular formula is C14H27N3. The van der Waals surface area contributed by atoms with Crippen molar-refractivity contribution in [2.45, 2.75) is 58.5 Å². The molecule has 0 radical (unpaired) electrons. The molecule has 0 bridgehead atoms. The van der Waals surface area contributed by atoms with E-state index in [9.17, 15) is 0 Å². The molecule has 3 nitrogen and oxygen atoms in total. The number of nitrogens with zero attached hydrogens (tertiary/aromatic N) is 2. The van der Waals surface area contributed by atoms with Gasteiger partial charge in [0.2, 0.25) is 0 Å². The Morgan fingerprint density at radius 1 is 1.35 bits per heavy atom. The Kier molecular flexibility index (Phi) is 6.94. The van der Waals surface area contributed by atoms with Crippen molar-refractivity contribution in [1.82, 2.24) is 4.90 Å². The molecule has 0 saturated heterocycles. The molecule has 1 heterocycles. The van der Waals surface area contributed by atoms with Gasteiger partial charge >= 0.3 is 0 Å². The lowest BCUT2D eigenvalue weighted by Crippen LogP contribution is -2.41. The maximum Gasteiger partial charge on any atom is 0.100 e. The number of unbranched alkanes of at least 4 members (excludes halogenated alkanes) is 3. The molecule has 0 fully saturated rings. The molecule has 0 aromatic rings. The van der Waals surface area contributed by atoms with Gasteiger partial charge in [-0.2, -0.15) is 0 Å². The SMILES string of the molecule is CC/C=C/CCCCCC1=NCCN1C(C)N. The van der Waals surface area contributed by atoms with Crippen molar-refractivity contribution in [3.8, 4) is 0 Å². The van der Waals surface area contributed by atoms with E-state index >= 15 is 0 Å². The normalized spacial score (nSPS) is 17.8. The Labute approximate surface area is 106 Å². The minimum Gasteiger partial charge on any atom is -0.343 e. The van der Waals surface area contributed by atoms with Gasteiger partial charge in [-0.25, -0.2) is 0 Å². The van der Waals surface area contributed by atoms with E-state index in [2.05, 4.69) is 29.0 Å². The van der Waals surface area contributed by atoms with E-state index in [-0.39, 0.29) is 6.17 Å². The summed E-state index contributed by atoms with van der Waals surface area (Å²) in [6, 6.07) is 0. The number of nitrogens with two attached hydrogens (primary N) is 1. The zero-order valence-electron chi connectivity index (χ0n) is 11.4. The zero-order valence-corrected chi connectivity index (χ0v) is 11.4. The second-order valence-electron chi connectivity index (χ2n) is 4.71. The third-order valence-corrected chi connectivity index (χ3v) is 3.13. The summed E-state index contributed by atoms with van der Waals surface area (Å²) in [6.45, 7) is 6.15. The molecule has 3 heteroatoms. The maximum absolute atomic E-state index is 5.91. The van der Waals surface area contributed by atoms with E-state index in [1.165, 1.54) is 31.5 Å². The predicted octanol–water partition coefficient (Wildman–Crippen LogP) is 2.92. The van der Waals surface area contributed by atoms with Crippen LogP contribution in [-0.2, 0) is 0 Å². The predicted molar refractivity (Wildman–Crippen MR) is 75.2 cm³/mol. The third-order valence-electron chi connectivity index (χ3n) is 3.13. The van der Waals surface area contributed by atoms with Crippen LogP contribution in [-0.4, -0.2) is 30.0 Å². The Bertz CT molecular complexity index is 256. The number of hydrogen-bond acceptors (Lipinski definition) is 3. The second-order valence-corrected chi connectivity index (χ2v) is 4.71. The smallest absolute Gasteiger partial charge is 0.100 e. The summed E-state index contributed by atoms with van der Waals surface area (Å²) < 4.78 is 0. The van der Waals surface area contributed by atoms with Crippen molar-refractivity contribution < 1.29 is 0 Å². The maximum atomic E-state index is 5.91. The van der Waals surface area contributed by atoms with E-state index in [1.54, 1.807) is 0 Å². The van der Waals surface area contributed by atoms with Crippen molar-refractivity contribution in [3.63, 3.8) is 0 Å². The van der Waals surface area contributed by atoms with E-state index < -0.39 is 0 Å². The first-order valence-corrected chi connectivity index (χ1v) is 6.96. The number of rotatable bonds is 8. The lowest BCUT2D eigenvalue weighted by Gasteiger charge is -2.24. The van der Waals surface area contributed by atoms with Crippen LogP contribution in [0, 0.1) is 0 Å². The summed E-state index contributed by atoms with van der Waals surface area (Å²) in [7, 11) is 0. The first kappa shape index (κ1) is 14.2. The van der Waals surface area contributed by atoms with Crippen LogP contribution < -0.4 is 5.73 Å². The molecule has 1 aliphatic rings. The van der Waals surface area contributed by atoms with Crippen LogP contribution in [0.25, 0.3) is 0 Å². The van der Waals surface area contributed by atoms with Gasteiger partial charge in [0.15, 0.2) is 0 Å². The summed E-state index contributed by atoms with van der Waals surface area (Å²) in [5.41, 5.74) is 5.91. The van der Waals surface area contributed by atoms with Gasteiger partial charge in [0.05, 0.1) is 12.7 Å². The van der Waals surface area contributed by atoms with Gasteiger partial charge in [-0.15, -0.1) is 0 Å². The highest BCUT2D eigenvalue weighted by Gasteiger charge is 2.18. The Hall–Kier alpha value is -0.830. The zero-order chi connectivity index (χ0) is 12.5. The molecule has 98 valence electrons. The van der Waals surface area contributed by atoms with Crippen LogP contribution in [0.1, 0.15) is 52.4 Å². The molecule has 0 spiro atoms. The largest absolute Gasteiger partial charge is 0.343 e. The molecule has 0 amide bonds. The van der Waals surface area contributed by atoms with Crippen LogP contribution in [0.3, 0.4) is 0 Å². The van der Waals surface area contributed by atoms with Gasteiger partial charge in [-0.05, 0) is 32.6 Å². The lowest BCUT2D eigenvalue weighted by atomic mass is 10.1. The fourth-order valence-corrected chi connectivity index (χ4v) is 2.17. The summed E-state index contributed by atoms with van der Waals surface area (Å²) in [4.78, 5) is 6.77. The van der Waals surface area contributed by atoms with Crippen LogP contribution in [0.2, 0.25) is 0 Å². The number of aliphatic imine (C=N–C) groups is 1. The standard InChI is InChI=1S/C14H27N3/c1-3-4-5-6-7-8-9-10-14-16-11-12-17(14)13(2)15/h4-5,13H,3,6-12,15H2,1-2H3/b5-4+. The van der Waals surface area contributed by atoms with Gasteiger partial charge in [-0.3, -0.25) is 4.99 Å². The molecule has 2 N–H and O–H groups in total. The van der Waals surface area contributed by atoms with Gasteiger partial charge < -0.3 is 10.6 Å². The molecule has 0 aromatic carbocycles. The van der Waals surface area contributed by atoms with Crippen LogP contribution in [0.4, 0.5) is 0 Å². The fraction of sp³-hybridized carbons (Fsp3) is 0.786. The molecule has 17 heavy (non-hydrogen) atoms. The first-order chi connectivity index (χ1) is 8.25. The highest BCUT2D eigenvalue weighted by atomic mass is 15.3. The molecule has 0 saturated carbocycles. The quantitative estimate of drug-likeness (QED) is 0.521. The monoisotopic (exact) mass is 237 g/mol. The lowest BCUT2D eigenvalue weighted by molar-refractivity contribution is 0.359. The molecule has 0 aliphatic carbocycles. The van der Waals surface area contributed by atoms with E-state index in [0.717, 1.165) is 25.9 Å². The average molecular weight is 237 g/mol. The molecule has 1 unspecified atom stereocenters. The second kappa shape index (κ2) is 8.29. The van der Waals surface area contributed by atoms with Gasteiger partial charge in [0.25, 0.3) is 0 Å². The van der Waals surface area contributed by atoms with E-state index in [4.69, 9.17) is 5.73 Å². The van der Waals surface area contributed by atoms with Crippen LogP contribution >= 0.6 is 0 Å².